The Kier molecular flexibility index (Phi) is 12.9. The predicted molar refractivity (Wildman–Crippen MR) is 168 cm³/mol. The molecule has 0 spiro atoms. The molecule has 0 saturated carbocycles. The average molecular weight is 641 g/mol. The van der Waals surface area contributed by atoms with E-state index >= 15 is 0 Å². The number of carboxylic acids is 1. The van der Waals surface area contributed by atoms with Gasteiger partial charge >= 0.3 is 15.8 Å². The number of ether oxygens (including phenoxy) is 3. The first kappa shape index (κ1) is 36.6. The fraction of sp³-hybridized carbons (Fsp3) is 0.394. The van der Waals surface area contributed by atoms with Crippen LogP contribution in [0.2, 0.25) is 0 Å². The van der Waals surface area contributed by atoms with Gasteiger partial charge in [0, 0.05) is 17.7 Å². The highest BCUT2D eigenvalue weighted by Crippen LogP contribution is 2.41. The highest BCUT2D eigenvalue weighted by atomic mass is 32.2. The first-order valence-electron chi connectivity index (χ1n) is 14.5. The molecular formula is C33H40N2O9S. The molecule has 0 fully saturated rings. The molecule has 0 radical (unpaired) electrons. The maximum Gasteiger partial charge on any atom is 0.467 e. The smallest absolute Gasteiger partial charge is 0.467 e. The Morgan fingerprint density at radius 3 is 1.73 bits per heavy atom. The third kappa shape index (κ3) is 9.43. The average Bonchev–Trinajstić information content (AvgIpc) is 2.99. The minimum Gasteiger partial charge on any atom is -0.541 e. The maximum absolute atomic E-state index is 12.7. The lowest BCUT2D eigenvalue weighted by Crippen LogP contribution is -2.31. The van der Waals surface area contributed by atoms with E-state index in [1.165, 1.54) is 38.1 Å². The Labute approximate surface area is 264 Å². The monoisotopic (exact) mass is 640 g/mol. The summed E-state index contributed by atoms with van der Waals surface area (Å²) >= 11 is 0. The fourth-order valence-corrected chi connectivity index (χ4v) is 5.25. The largest absolute Gasteiger partial charge is 0.541 e. The lowest BCUT2D eigenvalue weighted by atomic mass is 9.82. The molecule has 0 aliphatic rings. The third-order valence-corrected chi connectivity index (χ3v) is 8.17. The zero-order valence-corrected chi connectivity index (χ0v) is 27.7. The lowest BCUT2D eigenvalue weighted by molar-refractivity contribution is -0.296. The van der Waals surface area contributed by atoms with E-state index in [0.29, 0.717) is 48.2 Å². The van der Waals surface area contributed by atoms with Crippen molar-refractivity contribution in [3.05, 3.63) is 75.8 Å². The van der Waals surface area contributed by atoms with Gasteiger partial charge in [-0.2, -0.15) is 8.42 Å². The second-order valence-electron chi connectivity index (χ2n) is 10.5. The topological polar surface area (TPSA) is 156 Å². The number of aliphatic carboxylic acids is 1. The second kappa shape index (κ2) is 15.9. The van der Waals surface area contributed by atoms with E-state index in [4.69, 9.17) is 23.8 Å². The molecule has 3 aromatic rings. The van der Waals surface area contributed by atoms with Crippen molar-refractivity contribution in [2.45, 2.75) is 72.1 Å². The van der Waals surface area contributed by atoms with E-state index in [-0.39, 0.29) is 27.3 Å². The molecular weight excluding hydrogens is 600 g/mol. The van der Waals surface area contributed by atoms with Crippen LogP contribution < -0.4 is 23.5 Å². The van der Waals surface area contributed by atoms with Crippen LogP contribution in [0.3, 0.4) is 0 Å². The van der Waals surface area contributed by atoms with Crippen LogP contribution in [-0.4, -0.2) is 40.0 Å². The quantitative estimate of drug-likeness (QED) is 0.0931. The molecule has 242 valence electrons. The molecule has 0 bridgehead atoms. The number of ketones is 1. The number of nitrogens with zero attached hydrogens (tertiary/aromatic N) is 2. The Morgan fingerprint density at radius 2 is 1.33 bits per heavy atom. The molecule has 3 rings (SSSR count). The van der Waals surface area contributed by atoms with E-state index in [0.717, 1.165) is 12.0 Å². The Balaban J connectivity index is 0.000000355. The minimum absolute atomic E-state index is 0.0110. The van der Waals surface area contributed by atoms with E-state index in [2.05, 4.69) is 25.7 Å². The molecule has 0 unspecified atom stereocenters. The molecule has 45 heavy (non-hydrogen) atoms. The highest BCUT2D eigenvalue weighted by molar-refractivity contribution is 7.87. The van der Waals surface area contributed by atoms with Crippen molar-refractivity contribution in [3.63, 3.8) is 0 Å². The van der Waals surface area contributed by atoms with Gasteiger partial charge in [0.05, 0.1) is 19.8 Å². The van der Waals surface area contributed by atoms with Crippen molar-refractivity contribution in [2.24, 2.45) is 0 Å². The second-order valence-corrected chi connectivity index (χ2v) is 12.1. The van der Waals surface area contributed by atoms with E-state index < -0.39 is 21.9 Å². The van der Waals surface area contributed by atoms with Crippen LogP contribution in [0.4, 0.5) is 5.69 Å². The van der Waals surface area contributed by atoms with Crippen molar-refractivity contribution in [1.29, 1.82) is 5.39 Å². The first-order valence-corrected chi connectivity index (χ1v) is 15.9. The molecule has 11 nitrogen and oxygen atoms in total. The molecule has 0 aliphatic carbocycles. The SMILES string of the molecule is CCC(C)(C)c1ccc(S(=O)(=O)Oc2c(C)cc(C(=O)C(=O)[O-])cc2C)cc1.CCOc1cc(OCC)c([N+]#N)c(OCC)c1. The van der Waals surface area contributed by atoms with E-state index in [1.54, 1.807) is 24.3 Å². The number of diazo groups is 1. The van der Waals surface area contributed by atoms with Gasteiger partial charge in [-0.1, -0.05) is 32.9 Å². The first-order chi connectivity index (χ1) is 21.1. The van der Waals surface area contributed by atoms with Crippen LogP contribution in [0, 0.1) is 19.2 Å². The molecule has 0 atom stereocenters. The van der Waals surface area contributed by atoms with Gasteiger partial charge < -0.3 is 28.3 Å². The summed E-state index contributed by atoms with van der Waals surface area (Å²) in [4.78, 5) is 25.6. The molecule has 0 saturated heterocycles. The van der Waals surface area contributed by atoms with Crippen LogP contribution in [0.1, 0.15) is 75.0 Å². The number of benzene rings is 3. The summed E-state index contributed by atoms with van der Waals surface area (Å²) in [6, 6.07) is 12.4. The third-order valence-electron chi connectivity index (χ3n) is 6.93. The van der Waals surface area contributed by atoms with Gasteiger partial charge in [-0.25, -0.2) is 0 Å². The summed E-state index contributed by atoms with van der Waals surface area (Å²) in [5.74, 6) is -1.40. The summed E-state index contributed by atoms with van der Waals surface area (Å²) in [6.07, 6.45) is 0.908. The standard InChI is InChI=1S/C21H24O6S.C12H17N2O3/c1-6-21(4,5)16-7-9-17(10-8-16)28(25,26)27-19-13(2)11-15(12-14(19)3)18(22)20(23)24;1-4-15-9-7-10(16-5-2)12(14-13)11(8-9)17-6-3/h7-12H,6H2,1-5H3,(H,23,24);7-8H,4-6H2,1-3H3/q;+1/p-1. The Morgan fingerprint density at radius 1 is 0.844 bits per heavy atom. The summed E-state index contributed by atoms with van der Waals surface area (Å²) < 4.78 is 46.8. The molecule has 0 aromatic heterocycles. The number of carbonyl (C=O) groups is 2. The van der Waals surface area contributed by atoms with Crippen LogP contribution in [0.5, 0.6) is 23.0 Å². The van der Waals surface area contributed by atoms with Crippen molar-refractivity contribution < 1.29 is 41.5 Å². The molecule has 0 amide bonds. The summed E-state index contributed by atoms with van der Waals surface area (Å²) in [7, 11) is -4.09. The lowest BCUT2D eigenvalue weighted by Gasteiger charge is -2.23. The van der Waals surface area contributed by atoms with Crippen molar-refractivity contribution >= 4 is 27.6 Å². The van der Waals surface area contributed by atoms with Crippen LogP contribution in [0.15, 0.2) is 53.4 Å². The number of hydrogen-bond donors (Lipinski definition) is 0. The van der Waals surface area contributed by atoms with Crippen molar-refractivity contribution in [3.8, 4) is 23.0 Å². The minimum atomic E-state index is -4.09. The maximum atomic E-state index is 12.7. The van der Waals surface area contributed by atoms with Gasteiger partial charge in [-0.15, -0.1) is 0 Å². The van der Waals surface area contributed by atoms with Gasteiger partial charge in [0.15, 0.2) is 4.98 Å². The van der Waals surface area contributed by atoms with Gasteiger partial charge in [0.2, 0.25) is 22.7 Å². The predicted octanol–water partition coefficient (Wildman–Crippen LogP) is 6.06. The molecule has 0 aliphatic heterocycles. The van der Waals surface area contributed by atoms with Gasteiger partial charge in [0.1, 0.15) is 22.4 Å². The summed E-state index contributed by atoms with van der Waals surface area (Å²) in [5, 5.41) is 19.8. The van der Waals surface area contributed by atoms with Crippen molar-refractivity contribution in [2.75, 3.05) is 19.8 Å². The fourth-order valence-electron chi connectivity index (χ4n) is 4.20. The molecule has 0 N–H and O–H groups in total. The normalized spacial score (nSPS) is 11.0. The van der Waals surface area contributed by atoms with E-state index in [9.17, 15) is 23.1 Å². The van der Waals surface area contributed by atoms with E-state index in [1.807, 2.05) is 20.8 Å². The van der Waals surface area contributed by atoms with Crippen LogP contribution in [-0.2, 0) is 20.3 Å². The van der Waals surface area contributed by atoms with Crippen LogP contribution in [0.25, 0.3) is 4.98 Å². The number of hydrogen-bond acceptors (Lipinski definition) is 10. The van der Waals surface area contributed by atoms with Crippen molar-refractivity contribution in [1.82, 2.24) is 0 Å². The number of aryl methyl sites for hydroxylation is 2. The number of Topliss-reactive ketones (excluding diaryl/α,β-unsaturated/α-hetero) is 1. The Bertz CT molecular complexity index is 1610. The van der Waals surface area contributed by atoms with Crippen LogP contribution >= 0.6 is 0 Å². The zero-order valence-electron chi connectivity index (χ0n) is 26.9. The van der Waals surface area contributed by atoms with Gasteiger partial charge in [0.25, 0.3) is 0 Å². The number of rotatable bonds is 13. The number of carbonyl (C=O) groups excluding carboxylic acids is 2. The van der Waals surface area contributed by atoms with Gasteiger partial charge in [-0.3, -0.25) is 4.79 Å². The zero-order chi connectivity index (χ0) is 33.9. The molecule has 0 heterocycles. The summed E-state index contributed by atoms with van der Waals surface area (Å²) in [5.41, 5.74) is 1.81. The molecule has 3 aromatic carbocycles. The summed E-state index contributed by atoms with van der Waals surface area (Å²) in [6.45, 7) is 16.4. The highest BCUT2D eigenvalue weighted by Gasteiger charge is 2.26. The Hall–Kier alpha value is -4.63. The molecule has 12 heteroatoms. The van der Waals surface area contributed by atoms with Gasteiger partial charge in [-0.05, 0) is 87.4 Å². The number of carboxylic acid groups (broad SMARTS) is 1.